The third-order valence-corrected chi connectivity index (χ3v) is 6.56. The van der Waals surface area contributed by atoms with Crippen molar-refractivity contribution in [2.24, 2.45) is 4.99 Å². The number of fused-ring (bicyclic) bond motifs is 1. The van der Waals surface area contributed by atoms with Gasteiger partial charge in [0.15, 0.2) is 15.0 Å². The van der Waals surface area contributed by atoms with Crippen LogP contribution < -0.4 is 4.74 Å². The van der Waals surface area contributed by atoms with Crippen LogP contribution in [-0.2, 0) is 16.4 Å². The molecule has 5 nitrogen and oxygen atoms in total. The van der Waals surface area contributed by atoms with Crippen molar-refractivity contribution in [1.29, 1.82) is 0 Å². The van der Waals surface area contributed by atoms with E-state index < -0.39 is 9.84 Å². The van der Waals surface area contributed by atoms with Gasteiger partial charge in [-0.3, -0.25) is 4.99 Å². The highest BCUT2D eigenvalue weighted by Crippen LogP contribution is 2.32. The lowest BCUT2D eigenvalue weighted by Crippen LogP contribution is -2.38. The molecule has 2 aliphatic heterocycles. The first kappa shape index (κ1) is 15.7. The molecule has 1 fully saturated rings. The molecule has 22 heavy (non-hydrogen) atoms. The van der Waals surface area contributed by atoms with Crippen LogP contribution >= 0.6 is 11.8 Å². The van der Waals surface area contributed by atoms with Gasteiger partial charge in [0.2, 0.25) is 0 Å². The molecule has 0 N–H and O–H groups in total. The fourth-order valence-corrected chi connectivity index (χ4v) is 5.70. The molecule has 0 amide bonds. The lowest BCUT2D eigenvalue weighted by molar-refractivity contribution is 0.341. The Labute approximate surface area is 135 Å². The van der Waals surface area contributed by atoms with E-state index in [1.54, 1.807) is 18.9 Å². The third kappa shape index (κ3) is 3.10. The lowest BCUT2D eigenvalue weighted by atomic mass is 10.1. The molecule has 0 spiro atoms. The minimum absolute atomic E-state index is 0.0229. The first-order valence-corrected chi connectivity index (χ1v) is 10.1. The highest BCUT2D eigenvalue weighted by Gasteiger charge is 2.46. The van der Waals surface area contributed by atoms with E-state index in [1.165, 1.54) is 0 Å². The summed E-state index contributed by atoms with van der Waals surface area (Å²) in [6.07, 6.45) is 0. The van der Waals surface area contributed by atoms with Crippen LogP contribution in [0.1, 0.15) is 12.5 Å². The Morgan fingerprint density at radius 1 is 1.41 bits per heavy atom. The van der Waals surface area contributed by atoms with Gasteiger partial charge in [-0.1, -0.05) is 30.8 Å². The van der Waals surface area contributed by atoms with Crippen molar-refractivity contribution in [2.75, 3.05) is 24.4 Å². The average molecular weight is 340 g/mol. The molecule has 1 saturated heterocycles. The number of hydrogen-bond acceptors (Lipinski definition) is 6. The predicted octanol–water partition coefficient (Wildman–Crippen LogP) is 1.79. The Bertz CT molecular complexity index is 688. The van der Waals surface area contributed by atoms with Crippen molar-refractivity contribution in [3.8, 4) is 5.75 Å². The first-order valence-electron chi connectivity index (χ1n) is 7.33. The predicted molar refractivity (Wildman–Crippen MR) is 90.3 cm³/mol. The van der Waals surface area contributed by atoms with Crippen molar-refractivity contribution in [3.63, 3.8) is 0 Å². The first-order chi connectivity index (χ1) is 10.5. The van der Waals surface area contributed by atoms with Crippen LogP contribution in [0.5, 0.6) is 5.75 Å². The summed E-state index contributed by atoms with van der Waals surface area (Å²) in [7, 11) is -1.32. The number of amidine groups is 1. The molecule has 3 rings (SSSR count). The van der Waals surface area contributed by atoms with Crippen molar-refractivity contribution < 1.29 is 13.2 Å². The van der Waals surface area contributed by atoms with Crippen LogP contribution in [0, 0.1) is 0 Å². The molecule has 7 heteroatoms. The molecule has 120 valence electrons. The zero-order valence-corrected chi connectivity index (χ0v) is 14.4. The van der Waals surface area contributed by atoms with E-state index in [9.17, 15) is 8.42 Å². The number of rotatable bonds is 4. The van der Waals surface area contributed by atoms with Crippen LogP contribution in [0.3, 0.4) is 0 Å². The number of aliphatic imine (C=N–C) groups is 1. The summed E-state index contributed by atoms with van der Waals surface area (Å²) < 4.78 is 29.0. The third-order valence-electron chi connectivity index (χ3n) is 3.98. The minimum Gasteiger partial charge on any atom is -0.497 e. The monoisotopic (exact) mass is 340 g/mol. The van der Waals surface area contributed by atoms with Gasteiger partial charge in [-0.25, -0.2) is 8.42 Å². The molecule has 0 aromatic heterocycles. The van der Waals surface area contributed by atoms with E-state index >= 15 is 0 Å². The van der Waals surface area contributed by atoms with Crippen LogP contribution in [0.4, 0.5) is 0 Å². The van der Waals surface area contributed by atoms with Gasteiger partial charge in [-0.2, -0.15) is 0 Å². The number of nitrogens with zero attached hydrogens (tertiary/aromatic N) is 2. The minimum atomic E-state index is -2.96. The number of benzene rings is 1. The zero-order valence-electron chi connectivity index (χ0n) is 12.7. The molecule has 1 aromatic carbocycles. The maximum atomic E-state index is 11.9. The van der Waals surface area contributed by atoms with Gasteiger partial charge in [0.25, 0.3) is 0 Å². The van der Waals surface area contributed by atoms with Crippen LogP contribution in [0.2, 0.25) is 0 Å². The standard InChI is InChI=1S/C15H20N2O3S2/c1-3-21-15-16-13-9-22(18,19)10-14(13)17(15)8-11-5-4-6-12(7-11)20-2/h4-7,13-14H,3,8-10H2,1-2H3/t13-,14+/m0/s1. The van der Waals surface area contributed by atoms with E-state index in [0.29, 0.717) is 6.54 Å². The van der Waals surface area contributed by atoms with Gasteiger partial charge in [-0.15, -0.1) is 0 Å². The molecule has 0 bridgehead atoms. The van der Waals surface area contributed by atoms with Gasteiger partial charge < -0.3 is 9.64 Å². The van der Waals surface area contributed by atoms with Gasteiger partial charge in [0, 0.05) is 6.54 Å². The molecular weight excluding hydrogens is 320 g/mol. The van der Waals surface area contributed by atoms with Gasteiger partial charge in [0.05, 0.1) is 30.7 Å². The smallest absolute Gasteiger partial charge is 0.160 e. The molecule has 0 saturated carbocycles. The van der Waals surface area contributed by atoms with Crippen molar-refractivity contribution in [3.05, 3.63) is 29.8 Å². The number of sulfone groups is 1. The topological polar surface area (TPSA) is 59.0 Å². The van der Waals surface area contributed by atoms with Crippen LogP contribution in [0.25, 0.3) is 0 Å². The molecule has 2 heterocycles. The molecule has 0 unspecified atom stereocenters. The maximum Gasteiger partial charge on any atom is 0.160 e. The summed E-state index contributed by atoms with van der Waals surface area (Å²) >= 11 is 1.68. The largest absolute Gasteiger partial charge is 0.497 e. The lowest BCUT2D eigenvalue weighted by Gasteiger charge is -2.26. The molecular formula is C15H20N2O3S2. The van der Waals surface area contributed by atoms with E-state index in [0.717, 1.165) is 22.2 Å². The van der Waals surface area contributed by atoms with E-state index in [1.807, 2.05) is 24.3 Å². The molecule has 0 aliphatic carbocycles. The Kier molecular flexibility index (Phi) is 4.36. The van der Waals surface area contributed by atoms with E-state index in [2.05, 4.69) is 16.8 Å². The summed E-state index contributed by atoms with van der Waals surface area (Å²) in [5.41, 5.74) is 1.11. The highest BCUT2D eigenvalue weighted by atomic mass is 32.2. The number of thioether (sulfide) groups is 1. The summed E-state index contributed by atoms with van der Waals surface area (Å²) in [5.74, 6) is 2.13. The fraction of sp³-hybridized carbons (Fsp3) is 0.533. The molecule has 1 aromatic rings. The number of methoxy groups -OCH3 is 1. The Morgan fingerprint density at radius 2 is 2.23 bits per heavy atom. The van der Waals surface area contributed by atoms with Crippen LogP contribution in [-0.4, -0.2) is 54.9 Å². The summed E-state index contributed by atoms with van der Waals surface area (Å²) in [5, 5.41) is 0.968. The molecule has 2 atom stereocenters. The van der Waals surface area contributed by atoms with Gasteiger partial charge >= 0.3 is 0 Å². The van der Waals surface area contributed by atoms with Crippen LogP contribution in [0.15, 0.2) is 29.3 Å². The Morgan fingerprint density at radius 3 is 2.95 bits per heavy atom. The SMILES string of the molecule is CCSC1=N[C@H]2CS(=O)(=O)C[C@H]2N1Cc1cccc(OC)c1. The summed E-state index contributed by atoms with van der Waals surface area (Å²) in [6, 6.07) is 7.76. The van der Waals surface area contributed by atoms with Gasteiger partial charge in [-0.05, 0) is 23.4 Å². The quantitative estimate of drug-likeness (QED) is 0.836. The zero-order chi connectivity index (χ0) is 15.7. The second-order valence-corrected chi connectivity index (χ2v) is 8.92. The average Bonchev–Trinajstić information content (AvgIpc) is 2.93. The highest BCUT2D eigenvalue weighted by molar-refractivity contribution is 8.13. The summed E-state index contributed by atoms with van der Waals surface area (Å²) in [4.78, 5) is 6.80. The molecule has 2 aliphatic rings. The second kappa shape index (κ2) is 6.12. The maximum absolute atomic E-state index is 11.9. The summed E-state index contributed by atoms with van der Waals surface area (Å²) in [6.45, 7) is 2.75. The fourth-order valence-electron chi connectivity index (χ4n) is 2.99. The van der Waals surface area contributed by atoms with E-state index in [-0.39, 0.29) is 23.6 Å². The second-order valence-electron chi connectivity index (χ2n) is 5.54. The normalized spacial score (nSPS) is 25.9. The Hall–Kier alpha value is -1.21. The van der Waals surface area contributed by atoms with E-state index in [4.69, 9.17) is 4.74 Å². The number of ether oxygens (including phenoxy) is 1. The van der Waals surface area contributed by atoms with Crippen molar-refractivity contribution in [1.82, 2.24) is 4.90 Å². The molecule has 0 radical (unpaired) electrons. The van der Waals surface area contributed by atoms with Gasteiger partial charge in [0.1, 0.15) is 5.75 Å². The van der Waals surface area contributed by atoms with Crippen molar-refractivity contribution in [2.45, 2.75) is 25.6 Å². The Balaban J connectivity index is 1.84. The number of hydrogen-bond donors (Lipinski definition) is 0. The van der Waals surface area contributed by atoms with Crippen molar-refractivity contribution >= 4 is 26.8 Å².